The van der Waals surface area contributed by atoms with Crippen LogP contribution in [0.25, 0.3) is 0 Å². The zero-order chi connectivity index (χ0) is 28.2. The lowest BCUT2D eigenvalue weighted by atomic mass is 9.95. The number of amides is 2. The summed E-state index contributed by atoms with van der Waals surface area (Å²) in [4.78, 5) is 37.8. The highest BCUT2D eigenvalue weighted by Crippen LogP contribution is 2.50. The summed E-state index contributed by atoms with van der Waals surface area (Å²) in [6.45, 7) is 2.44. The van der Waals surface area contributed by atoms with E-state index >= 15 is 0 Å². The van der Waals surface area contributed by atoms with Crippen molar-refractivity contribution in [3.63, 3.8) is 0 Å². The molecule has 1 aliphatic carbocycles. The number of carbonyl (C=O) groups excluding carboxylic acids is 2. The van der Waals surface area contributed by atoms with Gasteiger partial charge in [0.25, 0.3) is 5.91 Å². The lowest BCUT2D eigenvalue weighted by Crippen LogP contribution is -2.40. The van der Waals surface area contributed by atoms with E-state index < -0.39 is 21.5 Å². The van der Waals surface area contributed by atoms with Crippen molar-refractivity contribution in [1.82, 2.24) is 23.9 Å². The highest BCUT2D eigenvalue weighted by molar-refractivity contribution is 7.87. The van der Waals surface area contributed by atoms with Gasteiger partial charge in [0, 0.05) is 37.8 Å². The first-order chi connectivity index (χ1) is 18.6. The average molecular weight is 572 g/mol. The number of pyridine rings is 1. The van der Waals surface area contributed by atoms with E-state index in [9.17, 15) is 18.0 Å². The molecule has 2 heterocycles. The van der Waals surface area contributed by atoms with Crippen LogP contribution in [0.2, 0.25) is 0 Å². The standard InChI is InChI=1S/C27H33N5O5S2/c1-19-24(25(33)30-39(35,36)31(2)3)29-23(38-19)18-32(16-8-11-20-9-6-5-7-10-20)26(34)27(14-15-27)21-12-13-22(37-4)28-17-21/h5-7,9-10,12-13,17H,8,11,14-16,18H2,1-4H3,(H,30,33). The fraction of sp³-hybridized carbons (Fsp3) is 0.407. The van der Waals surface area contributed by atoms with Gasteiger partial charge < -0.3 is 9.64 Å². The van der Waals surface area contributed by atoms with E-state index in [-0.39, 0.29) is 18.1 Å². The molecule has 2 aromatic heterocycles. The second kappa shape index (κ2) is 11.8. The molecule has 3 aromatic rings. The molecule has 39 heavy (non-hydrogen) atoms. The van der Waals surface area contributed by atoms with Crippen LogP contribution >= 0.6 is 11.3 Å². The molecule has 1 N–H and O–H groups in total. The number of ether oxygens (including phenoxy) is 1. The molecule has 1 aliphatic rings. The molecule has 10 nitrogen and oxygen atoms in total. The molecule has 1 aromatic carbocycles. The largest absolute Gasteiger partial charge is 0.481 e. The third-order valence-electron chi connectivity index (χ3n) is 6.77. The molecule has 0 unspecified atom stereocenters. The van der Waals surface area contributed by atoms with Gasteiger partial charge in [-0.15, -0.1) is 11.3 Å². The molecule has 0 bridgehead atoms. The van der Waals surface area contributed by atoms with Gasteiger partial charge in [-0.05, 0) is 43.7 Å². The number of carbonyl (C=O) groups is 2. The summed E-state index contributed by atoms with van der Waals surface area (Å²) in [6.07, 6.45) is 4.72. The molecule has 0 spiro atoms. The van der Waals surface area contributed by atoms with Crippen LogP contribution < -0.4 is 9.46 Å². The summed E-state index contributed by atoms with van der Waals surface area (Å²) >= 11 is 1.28. The molecule has 0 radical (unpaired) electrons. The van der Waals surface area contributed by atoms with E-state index in [1.165, 1.54) is 31.0 Å². The van der Waals surface area contributed by atoms with Gasteiger partial charge in [0.05, 0.1) is 19.1 Å². The zero-order valence-electron chi connectivity index (χ0n) is 22.5. The SMILES string of the molecule is COc1ccc(C2(C(=O)N(CCCc3ccccc3)Cc3nc(C(=O)NS(=O)(=O)N(C)C)c(C)s3)CC2)cn1. The molecule has 2 amide bonds. The predicted molar refractivity (Wildman–Crippen MR) is 149 cm³/mol. The maximum atomic E-state index is 14.0. The minimum Gasteiger partial charge on any atom is -0.481 e. The fourth-order valence-electron chi connectivity index (χ4n) is 4.36. The summed E-state index contributed by atoms with van der Waals surface area (Å²) in [5, 5.41) is 0.566. The molecule has 4 rings (SSSR count). The number of nitrogens with one attached hydrogen (secondary N) is 1. The molecule has 1 saturated carbocycles. The van der Waals surface area contributed by atoms with E-state index in [1.807, 2.05) is 29.0 Å². The Morgan fingerprint density at radius 2 is 1.85 bits per heavy atom. The predicted octanol–water partition coefficient (Wildman–Crippen LogP) is 3.08. The number of aromatic nitrogens is 2. The van der Waals surface area contributed by atoms with Crippen molar-refractivity contribution in [2.75, 3.05) is 27.7 Å². The van der Waals surface area contributed by atoms with E-state index in [0.29, 0.717) is 22.3 Å². The fourth-order valence-corrected chi connectivity index (χ4v) is 5.82. The highest BCUT2D eigenvalue weighted by Gasteiger charge is 2.53. The molecular formula is C27H33N5O5S2. The van der Waals surface area contributed by atoms with Crippen molar-refractivity contribution < 1.29 is 22.7 Å². The van der Waals surface area contributed by atoms with Gasteiger partial charge in [0.1, 0.15) is 10.7 Å². The minimum atomic E-state index is -3.96. The number of rotatable bonds is 12. The summed E-state index contributed by atoms with van der Waals surface area (Å²) < 4.78 is 32.4. The first kappa shape index (κ1) is 28.7. The lowest BCUT2D eigenvalue weighted by Gasteiger charge is -2.27. The third kappa shape index (κ3) is 6.63. The van der Waals surface area contributed by atoms with Gasteiger partial charge in [0.15, 0.2) is 0 Å². The molecular weight excluding hydrogens is 538 g/mol. The Labute approximate surface area is 233 Å². The van der Waals surface area contributed by atoms with Gasteiger partial charge in [-0.1, -0.05) is 36.4 Å². The number of benzene rings is 1. The van der Waals surface area contributed by atoms with E-state index in [0.717, 1.165) is 35.6 Å². The van der Waals surface area contributed by atoms with Crippen LogP contribution in [0.5, 0.6) is 5.88 Å². The quantitative estimate of drug-likeness (QED) is 0.355. The van der Waals surface area contributed by atoms with Crippen LogP contribution in [0.4, 0.5) is 0 Å². The van der Waals surface area contributed by atoms with Crippen molar-refractivity contribution in [1.29, 1.82) is 0 Å². The monoisotopic (exact) mass is 571 g/mol. The molecule has 208 valence electrons. The topological polar surface area (TPSA) is 122 Å². The number of nitrogens with zero attached hydrogens (tertiary/aromatic N) is 4. The van der Waals surface area contributed by atoms with Crippen LogP contribution in [0.1, 0.15) is 50.8 Å². The number of methoxy groups -OCH3 is 1. The number of aryl methyl sites for hydroxylation is 2. The lowest BCUT2D eigenvalue weighted by molar-refractivity contribution is -0.134. The molecule has 0 saturated heterocycles. The summed E-state index contributed by atoms with van der Waals surface area (Å²) in [7, 11) is 0.261. The normalized spacial score (nSPS) is 14.2. The second-order valence-corrected chi connectivity index (χ2v) is 12.9. The molecule has 1 fully saturated rings. The smallest absolute Gasteiger partial charge is 0.303 e. The molecule has 12 heteroatoms. The van der Waals surface area contributed by atoms with Crippen molar-refractivity contribution in [2.45, 2.75) is 44.6 Å². The Bertz CT molecular complexity index is 1420. The van der Waals surface area contributed by atoms with Crippen molar-refractivity contribution in [2.24, 2.45) is 0 Å². The molecule has 0 atom stereocenters. The summed E-state index contributed by atoms with van der Waals surface area (Å²) in [5.41, 5.74) is 1.44. The average Bonchev–Trinajstić information content (AvgIpc) is 3.64. The van der Waals surface area contributed by atoms with E-state index in [2.05, 4.69) is 22.1 Å². The van der Waals surface area contributed by atoms with Gasteiger partial charge in [-0.2, -0.15) is 12.7 Å². The molecule has 0 aliphatic heterocycles. The highest BCUT2D eigenvalue weighted by atomic mass is 32.2. The Morgan fingerprint density at radius 3 is 2.44 bits per heavy atom. The first-order valence-electron chi connectivity index (χ1n) is 12.6. The number of hydrogen-bond acceptors (Lipinski definition) is 8. The van der Waals surface area contributed by atoms with Gasteiger partial charge in [0.2, 0.25) is 11.8 Å². The Balaban J connectivity index is 1.55. The van der Waals surface area contributed by atoms with Crippen LogP contribution in [0.15, 0.2) is 48.7 Å². The van der Waals surface area contributed by atoms with Crippen LogP contribution in [0, 0.1) is 6.92 Å². The summed E-state index contributed by atoms with van der Waals surface area (Å²) in [6, 6.07) is 13.7. The zero-order valence-corrected chi connectivity index (χ0v) is 24.1. The first-order valence-corrected chi connectivity index (χ1v) is 14.9. The van der Waals surface area contributed by atoms with Gasteiger partial charge in [-0.25, -0.2) is 14.7 Å². The Hall–Kier alpha value is -3.35. The number of hydrogen-bond donors (Lipinski definition) is 1. The van der Waals surface area contributed by atoms with Crippen molar-refractivity contribution in [3.05, 3.63) is 75.4 Å². The summed E-state index contributed by atoms with van der Waals surface area (Å²) in [5.74, 6) is -0.313. The van der Waals surface area contributed by atoms with E-state index in [1.54, 1.807) is 31.2 Å². The van der Waals surface area contributed by atoms with Crippen LogP contribution in [-0.4, -0.2) is 67.2 Å². The van der Waals surface area contributed by atoms with Gasteiger partial charge in [-0.3, -0.25) is 9.59 Å². The third-order valence-corrected chi connectivity index (χ3v) is 9.13. The van der Waals surface area contributed by atoms with Crippen molar-refractivity contribution >= 4 is 33.4 Å². The maximum Gasteiger partial charge on any atom is 0.303 e. The van der Waals surface area contributed by atoms with Gasteiger partial charge >= 0.3 is 10.2 Å². The Morgan fingerprint density at radius 1 is 1.13 bits per heavy atom. The van der Waals surface area contributed by atoms with E-state index in [4.69, 9.17) is 4.74 Å². The Kier molecular flexibility index (Phi) is 8.67. The van der Waals surface area contributed by atoms with Crippen molar-refractivity contribution in [3.8, 4) is 5.88 Å². The van der Waals surface area contributed by atoms with Crippen LogP contribution in [0.3, 0.4) is 0 Å². The second-order valence-electron chi connectivity index (χ2n) is 9.72. The van der Waals surface area contributed by atoms with Crippen LogP contribution in [-0.2, 0) is 33.4 Å². The minimum absolute atomic E-state index is 0.00318. The number of thiazole rings is 1. The maximum absolute atomic E-state index is 14.0.